The van der Waals surface area contributed by atoms with E-state index in [1.807, 2.05) is 24.3 Å². The summed E-state index contributed by atoms with van der Waals surface area (Å²) in [6.07, 6.45) is 1.11. The third-order valence-corrected chi connectivity index (χ3v) is 4.08. The van der Waals surface area contributed by atoms with Gasteiger partial charge in [0.25, 0.3) is 0 Å². The van der Waals surface area contributed by atoms with E-state index >= 15 is 0 Å². The van der Waals surface area contributed by atoms with Gasteiger partial charge in [-0.25, -0.2) is 0 Å². The Kier molecular flexibility index (Phi) is 5.09. The van der Waals surface area contributed by atoms with Crippen LogP contribution in [0.2, 0.25) is 0 Å². The van der Waals surface area contributed by atoms with Gasteiger partial charge >= 0.3 is 0 Å². The van der Waals surface area contributed by atoms with Gasteiger partial charge < -0.3 is 10.4 Å². The minimum Gasteiger partial charge on any atom is -0.507 e. The van der Waals surface area contributed by atoms with E-state index in [2.05, 4.69) is 5.32 Å². The topological polar surface area (TPSA) is 66.4 Å². The van der Waals surface area contributed by atoms with Crippen LogP contribution < -0.4 is 5.32 Å². The standard InChI is InChI=1S/C21H19NO3/c23-19(15-7-2-1-3-8-15)12-6-14-21(25)22-18-11-4-10-17-16(18)9-5-13-20(17)24/h1-5,7-11,13,24H,6,12,14H2,(H,22,25). The van der Waals surface area contributed by atoms with Crippen molar-refractivity contribution in [2.24, 2.45) is 0 Å². The Bertz CT molecular complexity index is 903. The number of Topliss-reactive ketones (excluding diaryl/α,β-unsaturated/α-hetero) is 1. The quantitative estimate of drug-likeness (QED) is 0.651. The van der Waals surface area contributed by atoms with Crippen molar-refractivity contribution in [2.45, 2.75) is 19.3 Å². The number of carbonyl (C=O) groups excluding carboxylic acids is 2. The number of benzene rings is 3. The fraction of sp³-hybridized carbons (Fsp3) is 0.143. The molecule has 0 fully saturated rings. The van der Waals surface area contributed by atoms with Crippen LogP contribution in [0, 0.1) is 0 Å². The lowest BCUT2D eigenvalue weighted by molar-refractivity contribution is -0.116. The molecule has 4 heteroatoms. The minimum atomic E-state index is -0.142. The van der Waals surface area contributed by atoms with Crippen molar-refractivity contribution in [2.75, 3.05) is 5.32 Å². The van der Waals surface area contributed by atoms with Crippen LogP contribution in [0.4, 0.5) is 5.69 Å². The van der Waals surface area contributed by atoms with E-state index < -0.39 is 0 Å². The van der Waals surface area contributed by atoms with E-state index in [4.69, 9.17) is 0 Å². The summed E-state index contributed by atoms with van der Waals surface area (Å²) in [6, 6.07) is 19.7. The molecule has 0 radical (unpaired) electrons. The van der Waals surface area contributed by atoms with Crippen LogP contribution in [0.25, 0.3) is 10.8 Å². The van der Waals surface area contributed by atoms with Gasteiger partial charge in [0.1, 0.15) is 5.75 Å². The van der Waals surface area contributed by atoms with Crippen molar-refractivity contribution in [3.63, 3.8) is 0 Å². The van der Waals surface area contributed by atoms with Crippen molar-refractivity contribution in [1.29, 1.82) is 0 Å². The Balaban J connectivity index is 1.58. The first-order valence-electron chi connectivity index (χ1n) is 8.24. The monoisotopic (exact) mass is 333 g/mol. The zero-order valence-electron chi connectivity index (χ0n) is 13.7. The Morgan fingerprint density at radius 3 is 2.32 bits per heavy atom. The van der Waals surface area contributed by atoms with Gasteiger partial charge in [0.2, 0.25) is 5.91 Å². The van der Waals surface area contributed by atoms with Crippen LogP contribution in [0.1, 0.15) is 29.6 Å². The largest absolute Gasteiger partial charge is 0.507 e. The van der Waals surface area contributed by atoms with Crippen molar-refractivity contribution in [3.8, 4) is 5.75 Å². The first-order chi connectivity index (χ1) is 12.1. The fourth-order valence-corrected chi connectivity index (χ4v) is 2.79. The molecule has 0 heterocycles. The van der Waals surface area contributed by atoms with Crippen LogP contribution in [0.3, 0.4) is 0 Å². The summed E-state index contributed by atoms with van der Waals surface area (Å²) in [7, 11) is 0. The molecule has 0 saturated heterocycles. The lowest BCUT2D eigenvalue weighted by Gasteiger charge is -2.09. The number of anilines is 1. The number of aromatic hydroxyl groups is 1. The maximum absolute atomic E-state index is 12.2. The molecule has 0 aliphatic rings. The number of nitrogens with one attached hydrogen (secondary N) is 1. The molecule has 2 N–H and O–H groups in total. The molecule has 3 rings (SSSR count). The van der Waals surface area contributed by atoms with Gasteiger partial charge in [-0.15, -0.1) is 0 Å². The Morgan fingerprint density at radius 1 is 0.800 bits per heavy atom. The molecule has 0 aliphatic carbocycles. The van der Waals surface area contributed by atoms with E-state index in [0.29, 0.717) is 29.5 Å². The van der Waals surface area contributed by atoms with Crippen molar-refractivity contribution in [3.05, 3.63) is 72.3 Å². The van der Waals surface area contributed by atoms with Gasteiger partial charge in [-0.2, -0.15) is 0 Å². The zero-order valence-corrected chi connectivity index (χ0v) is 13.7. The van der Waals surface area contributed by atoms with Crippen LogP contribution in [-0.2, 0) is 4.79 Å². The first kappa shape index (κ1) is 16.7. The van der Waals surface area contributed by atoms with Gasteiger partial charge in [0, 0.05) is 34.9 Å². The number of phenols is 1. The van der Waals surface area contributed by atoms with Gasteiger partial charge in [-0.3, -0.25) is 9.59 Å². The molecule has 25 heavy (non-hydrogen) atoms. The summed E-state index contributed by atoms with van der Waals surface area (Å²) in [4.78, 5) is 24.2. The number of carbonyl (C=O) groups is 2. The molecule has 0 saturated carbocycles. The fourth-order valence-electron chi connectivity index (χ4n) is 2.79. The van der Waals surface area contributed by atoms with Crippen molar-refractivity contribution < 1.29 is 14.7 Å². The molecule has 1 amide bonds. The molecule has 0 spiro atoms. The maximum Gasteiger partial charge on any atom is 0.224 e. The number of hydrogen-bond donors (Lipinski definition) is 2. The molecule has 126 valence electrons. The lowest BCUT2D eigenvalue weighted by atomic mass is 10.1. The van der Waals surface area contributed by atoms with Crippen LogP contribution in [-0.4, -0.2) is 16.8 Å². The highest BCUT2D eigenvalue weighted by atomic mass is 16.3. The van der Waals surface area contributed by atoms with E-state index in [0.717, 1.165) is 5.39 Å². The van der Waals surface area contributed by atoms with E-state index in [1.165, 1.54) is 0 Å². The third-order valence-electron chi connectivity index (χ3n) is 4.08. The minimum absolute atomic E-state index is 0.0449. The summed E-state index contributed by atoms with van der Waals surface area (Å²) in [6.45, 7) is 0. The molecule has 0 bridgehead atoms. The van der Waals surface area contributed by atoms with Gasteiger partial charge in [0.05, 0.1) is 0 Å². The van der Waals surface area contributed by atoms with Gasteiger partial charge in [-0.1, -0.05) is 54.6 Å². The second-order valence-electron chi connectivity index (χ2n) is 5.87. The number of rotatable bonds is 6. The lowest BCUT2D eigenvalue weighted by Crippen LogP contribution is -2.12. The number of ketones is 1. The van der Waals surface area contributed by atoms with Crippen LogP contribution >= 0.6 is 0 Å². The predicted octanol–water partition coefficient (Wildman–Crippen LogP) is 4.54. The summed E-state index contributed by atoms with van der Waals surface area (Å²) >= 11 is 0. The third kappa shape index (κ3) is 4.04. The van der Waals surface area contributed by atoms with Crippen molar-refractivity contribution in [1.82, 2.24) is 0 Å². The highest BCUT2D eigenvalue weighted by Gasteiger charge is 2.10. The number of amides is 1. The molecule has 0 atom stereocenters. The number of hydrogen-bond acceptors (Lipinski definition) is 3. The predicted molar refractivity (Wildman–Crippen MR) is 98.9 cm³/mol. The van der Waals surface area contributed by atoms with Crippen LogP contribution in [0.15, 0.2) is 66.7 Å². The molecule has 0 unspecified atom stereocenters. The van der Waals surface area contributed by atoms with E-state index in [9.17, 15) is 14.7 Å². The average molecular weight is 333 g/mol. The Morgan fingerprint density at radius 2 is 1.52 bits per heavy atom. The smallest absolute Gasteiger partial charge is 0.224 e. The summed E-state index contributed by atoms with van der Waals surface area (Å²) in [5.41, 5.74) is 1.33. The summed E-state index contributed by atoms with van der Waals surface area (Å²) in [5, 5.41) is 14.2. The Hall–Kier alpha value is -3.14. The summed E-state index contributed by atoms with van der Waals surface area (Å²) in [5.74, 6) is 0.0854. The van der Waals surface area contributed by atoms with E-state index in [-0.39, 0.29) is 23.9 Å². The molecule has 0 aliphatic heterocycles. The number of phenolic OH excluding ortho intramolecular Hbond substituents is 1. The highest BCUT2D eigenvalue weighted by molar-refractivity contribution is 6.04. The normalized spacial score (nSPS) is 10.6. The number of fused-ring (bicyclic) bond motifs is 1. The van der Waals surface area contributed by atoms with Gasteiger partial charge in [0.15, 0.2) is 5.78 Å². The molecule has 4 nitrogen and oxygen atoms in total. The Labute approximate surface area is 146 Å². The van der Waals surface area contributed by atoms with E-state index in [1.54, 1.807) is 42.5 Å². The second kappa shape index (κ2) is 7.62. The molecule has 0 aromatic heterocycles. The highest BCUT2D eigenvalue weighted by Crippen LogP contribution is 2.29. The molecule has 3 aromatic rings. The molecular formula is C21H19NO3. The summed E-state index contributed by atoms with van der Waals surface area (Å²) < 4.78 is 0. The molecule has 3 aromatic carbocycles. The molecular weight excluding hydrogens is 314 g/mol. The van der Waals surface area contributed by atoms with Crippen molar-refractivity contribution >= 4 is 28.2 Å². The SMILES string of the molecule is O=C(CCCC(=O)c1ccccc1)Nc1cccc2c(O)cccc12. The zero-order chi connectivity index (χ0) is 17.6. The second-order valence-corrected chi connectivity index (χ2v) is 5.87. The maximum atomic E-state index is 12.2. The average Bonchev–Trinajstić information content (AvgIpc) is 2.63. The van der Waals surface area contributed by atoms with Gasteiger partial charge in [-0.05, 0) is 18.6 Å². The van der Waals surface area contributed by atoms with Crippen LogP contribution in [0.5, 0.6) is 5.75 Å². The first-order valence-corrected chi connectivity index (χ1v) is 8.24.